The minimum Gasteiger partial charge on any atom is -0.492 e. The molecule has 4 heteroatoms. The molecule has 0 atom stereocenters. The van der Waals surface area contributed by atoms with E-state index in [9.17, 15) is 4.79 Å². The van der Waals surface area contributed by atoms with E-state index in [4.69, 9.17) is 9.84 Å². The third-order valence-corrected chi connectivity index (χ3v) is 3.17. The number of carboxylic acids is 1. The Balaban J connectivity index is 2.22. The van der Waals surface area contributed by atoms with Crippen LogP contribution in [0.2, 0.25) is 0 Å². The van der Waals surface area contributed by atoms with Crippen molar-refractivity contribution in [3.8, 4) is 5.75 Å². The number of hydrogen-bond donors (Lipinski definition) is 1. The lowest BCUT2D eigenvalue weighted by Crippen LogP contribution is -2.31. The van der Waals surface area contributed by atoms with Crippen LogP contribution in [0.4, 0.5) is 0 Å². The molecule has 0 amide bonds. The Kier molecular flexibility index (Phi) is 3.87. The third-order valence-electron chi connectivity index (χ3n) is 3.17. The van der Waals surface area contributed by atoms with Crippen LogP contribution in [-0.4, -0.2) is 35.7 Å². The van der Waals surface area contributed by atoms with Crippen LogP contribution in [0, 0.1) is 0 Å². The molecule has 0 spiro atoms. The lowest BCUT2D eigenvalue weighted by Gasteiger charge is -2.17. The van der Waals surface area contributed by atoms with Crippen molar-refractivity contribution in [2.75, 3.05) is 19.7 Å². The Morgan fingerprint density at radius 2 is 2.28 bits per heavy atom. The van der Waals surface area contributed by atoms with Crippen molar-refractivity contribution >= 4 is 5.97 Å². The average Bonchev–Trinajstić information content (AvgIpc) is 2.48. The molecule has 0 saturated heterocycles. The fourth-order valence-corrected chi connectivity index (χ4v) is 2.15. The molecule has 0 saturated carbocycles. The molecule has 0 bridgehead atoms. The molecule has 2 rings (SSSR count). The molecule has 1 aromatic carbocycles. The van der Waals surface area contributed by atoms with Gasteiger partial charge >= 0.3 is 5.97 Å². The smallest absolute Gasteiger partial charge is 0.317 e. The predicted molar refractivity (Wildman–Crippen MR) is 68.9 cm³/mol. The first-order valence-electron chi connectivity index (χ1n) is 6.26. The summed E-state index contributed by atoms with van der Waals surface area (Å²) in [4.78, 5) is 12.7. The maximum Gasteiger partial charge on any atom is 0.317 e. The normalized spacial score (nSPS) is 15.9. The van der Waals surface area contributed by atoms with Gasteiger partial charge in [-0.05, 0) is 17.5 Å². The van der Waals surface area contributed by atoms with Crippen LogP contribution in [0.3, 0.4) is 0 Å². The lowest BCUT2D eigenvalue weighted by molar-refractivity contribution is -0.138. The number of benzene rings is 1. The van der Waals surface area contributed by atoms with Gasteiger partial charge in [0.1, 0.15) is 12.4 Å². The number of ether oxygens (including phenoxy) is 1. The first-order chi connectivity index (χ1) is 8.56. The number of nitrogens with zero attached hydrogens (tertiary/aromatic N) is 1. The Bertz CT molecular complexity index is 443. The van der Waals surface area contributed by atoms with Crippen molar-refractivity contribution in [1.82, 2.24) is 4.90 Å². The molecule has 1 aromatic rings. The number of hydrogen-bond acceptors (Lipinski definition) is 3. The van der Waals surface area contributed by atoms with Gasteiger partial charge < -0.3 is 9.84 Å². The number of fused-ring (bicyclic) bond motifs is 1. The third kappa shape index (κ3) is 3.01. The SMILES string of the molecule is CC(C)c1ccc2c(c1)CN(CC(=O)O)CCO2. The zero-order valence-corrected chi connectivity index (χ0v) is 10.8. The van der Waals surface area contributed by atoms with E-state index in [1.807, 2.05) is 11.0 Å². The minimum atomic E-state index is -0.793. The van der Waals surface area contributed by atoms with Crippen LogP contribution in [0.1, 0.15) is 30.9 Å². The highest BCUT2D eigenvalue weighted by Crippen LogP contribution is 2.27. The summed E-state index contributed by atoms with van der Waals surface area (Å²) in [6.07, 6.45) is 0. The summed E-state index contributed by atoms with van der Waals surface area (Å²) in [5.41, 5.74) is 2.34. The first-order valence-corrected chi connectivity index (χ1v) is 6.26. The van der Waals surface area contributed by atoms with E-state index < -0.39 is 5.97 Å². The van der Waals surface area contributed by atoms with Gasteiger partial charge in [0.25, 0.3) is 0 Å². The minimum absolute atomic E-state index is 0.0642. The van der Waals surface area contributed by atoms with Crippen molar-refractivity contribution in [3.63, 3.8) is 0 Å². The molecule has 1 aliphatic heterocycles. The van der Waals surface area contributed by atoms with E-state index in [1.54, 1.807) is 0 Å². The second-order valence-electron chi connectivity index (χ2n) is 4.97. The topological polar surface area (TPSA) is 49.8 Å². The van der Waals surface area contributed by atoms with E-state index in [1.165, 1.54) is 5.56 Å². The van der Waals surface area contributed by atoms with Gasteiger partial charge in [0.05, 0.1) is 6.54 Å². The second kappa shape index (κ2) is 5.40. The van der Waals surface area contributed by atoms with Gasteiger partial charge in [-0.15, -0.1) is 0 Å². The van der Waals surface area contributed by atoms with E-state index >= 15 is 0 Å². The fourth-order valence-electron chi connectivity index (χ4n) is 2.15. The molecule has 18 heavy (non-hydrogen) atoms. The van der Waals surface area contributed by atoms with E-state index in [2.05, 4.69) is 26.0 Å². The average molecular weight is 249 g/mol. The molecule has 1 heterocycles. The Hall–Kier alpha value is -1.55. The lowest BCUT2D eigenvalue weighted by atomic mass is 10.00. The maximum absolute atomic E-state index is 10.8. The molecule has 1 N–H and O–H groups in total. The zero-order valence-electron chi connectivity index (χ0n) is 10.8. The molecule has 4 nitrogen and oxygen atoms in total. The summed E-state index contributed by atoms with van der Waals surface area (Å²) in [6.45, 7) is 6.19. The van der Waals surface area contributed by atoms with Crippen molar-refractivity contribution in [1.29, 1.82) is 0 Å². The van der Waals surface area contributed by atoms with Crippen molar-refractivity contribution < 1.29 is 14.6 Å². The standard InChI is InChI=1S/C14H19NO3/c1-10(2)11-3-4-13-12(7-11)8-15(5-6-18-13)9-14(16)17/h3-4,7,10H,5-6,8-9H2,1-2H3,(H,16,17). The number of carbonyl (C=O) groups is 1. The summed E-state index contributed by atoms with van der Waals surface area (Å²) in [5, 5.41) is 8.87. The van der Waals surface area contributed by atoms with Crippen molar-refractivity contribution in [2.24, 2.45) is 0 Å². The number of carboxylic acid groups (broad SMARTS) is 1. The highest BCUT2D eigenvalue weighted by Gasteiger charge is 2.18. The monoisotopic (exact) mass is 249 g/mol. The fraction of sp³-hybridized carbons (Fsp3) is 0.500. The van der Waals surface area contributed by atoms with E-state index in [0.29, 0.717) is 25.6 Å². The maximum atomic E-state index is 10.8. The molecule has 0 radical (unpaired) electrons. The number of aliphatic carboxylic acids is 1. The summed E-state index contributed by atoms with van der Waals surface area (Å²) < 4.78 is 5.66. The Morgan fingerprint density at radius 3 is 2.94 bits per heavy atom. The van der Waals surface area contributed by atoms with Crippen LogP contribution in [0.15, 0.2) is 18.2 Å². The highest BCUT2D eigenvalue weighted by atomic mass is 16.5. The Labute approximate surface area is 107 Å². The molecular formula is C14H19NO3. The van der Waals surface area contributed by atoms with Gasteiger partial charge in [-0.1, -0.05) is 26.0 Å². The van der Waals surface area contributed by atoms with Crippen LogP contribution in [0.5, 0.6) is 5.75 Å². The summed E-state index contributed by atoms with van der Waals surface area (Å²) in [5.74, 6) is 0.553. The number of rotatable bonds is 3. The van der Waals surface area contributed by atoms with Crippen LogP contribution < -0.4 is 4.74 Å². The van der Waals surface area contributed by atoms with Crippen LogP contribution in [-0.2, 0) is 11.3 Å². The second-order valence-corrected chi connectivity index (χ2v) is 4.97. The Morgan fingerprint density at radius 1 is 1.50 bits per heavy atom. The predicted octanol–water partition coefficient (Wildman–Crippen LogP) is 2.09. The molecule has 0 fully saturated rings. The van der Waals surface area contributed by atoms with E-state index in [0.717, 1.165) is 11.3 Å². The summed E-state index contributed by atoms with van der Waals surface area (Å²) in [7, 11) is 0. The first kappa shape index (κ1) is 12.9. The largest absolute Gasteiger partial charge is 0.492 e. The highest BCUT2D eigenvalue weighted by molar-refractivity contribution is 5.69. The molecule has 0 aromatic heterocycles. The molecular weight excluding hydrogens is 230 g/mol. The van der Waals surface area contributed by atoms with Crippen LogP contribution >= 0.6 is 0 Å². The quantitative estimate of drug-likeness (QED) is 0.891. The van der Waals surface area contributed by atoms with Crippen molar-refractivity contribution in [2.45, 2.75) is 26.3 Å². The van der Waals surface area contributed by atoms with E-state index in [-0.39, 0.29) is 6.54 Å². The summed E-state index contributed by atoms with van der Waals surface area (Å²) >= 11 is 0. The molecule has 0 aliphatic carbocycles. The van der Waals surface area contributed by atoms with Gasteiger partial charge in [-0.25, -0.2) is 0 Å². The van der Waals surface area contributed by atoms with Crippen molar-refractivity contribution in [3.05, 3.63) is 29.3 Å². The van der Waals surface area contributed by atoms with Gasteiger partial charge in [0.2, 0.25) is 0 Å². The van der Waals surface area contributed by atoms with Gasteiger partial charge in [-0.3, -0.25) is 9.69 Å². The zero-order chi connectivity index (χ0) is 13.1. The van der Waals surface area contributed by atoms with Gasteiger partial charge in [0, 0.05) is 18.7 Å². The molecule has 0 unspecified atom stereocenters. The molecule has 1 aliphatic rings. The molecule has 98 valence electrons. The van der Waals surface area contributed by atoms with Crippen LogP contribution in [0.25, 0.3) is 0 Å². The summed E-state index contributed by atoms with van der Waals surface area (Å²) in [6, 6.07) is 6.20. The van der Waals surface area contributed by atoms with Gasteiger partial charge in [-0.2, -0.15) is 0 Å². The van der Waals surface area contributed by atoms with Gasteiger partial charge in [0.15, 0.2) is 0 Å².